The summed E-state index contributed by atoms with van der Waals surface area (Å²) in [5, 5.41) is 3.42. The molecule has 3 heteroatoms. The minimum atomic E-state index is -0.0544. The molecule has 17 heavy (non-hydrogen) atoms. The predicted molar refractivity (Wildman–Crippen MR) is 72.7 cm³/mol. The van der Waals surface area contributed by atoms with Crippen molar-refractivity contribution >= 4 is 15.9 Å². The van der Waals surface area contributed by atoms with Gasteiger partial charge in [-0.25, -0.2) is 4.39 Å². The van der Waals surface area contributed by atoms with Gasteiger partial charge in [0.25, 0.3) is 0 Å². The Balaban J connectivity index is 2.25. The van der Waals surface area contributed by atoms with Gasteiger partial charge in [-0.1, -0.05) is 29.3 Å². The average molecular weight is 300 g/mol. The van der Waals surface area contributed by atoms with Gasteiger partial charge in [-0.05, 0) is 61.5 Å². The summed E-state index contributed by atoms with van der Waals surface area (Å²) < 4.78 is 14.9. The second-order valence-electron chi connectivity index (χ2n) is 4.81. The number of benzene rings is 1. The van der Waals surface area contributed by atoms with Gasteiger partial charge in [0.15, 0.2) is 0 Å². The molecule has 0 spiro atoms. The van der Waals surface area contributed by atoms with Crippen molar-refractivity contribution in [1.29, 1.82) is 0 Å². The Kier molecular flexibility index (Phi) is 4.57. The molecule has 1 saturated heterocycles. The molecular formula is C14H19BrFN. The summed E-state index contributed by atoms with van der Waals surface area (Å²) in [5.74, 6) is 0.882. The van der Waals surface area contributed by atoms with E-state index in [9.17, 15) is 4.39 Å². The SMILES string of the molecule is CCCC1CNCCC1c1cc(Br)ccc1F. The molecule has 1 nitrogen and oxygen atoms in total. The topological polar surface area (TPSA) is 12.0 Å². The molecule has 2 rings (SSSR count). The third kappa shape index (κ3) is 3.08. The van der Waals surface area contributed by atoms with E-state index in [1.165, 1.54) is 12.8 Å². The highest BCUT2D eigenvalue weighted by molar-refractivity contribution is 9.10. The number of piperidine rings is 1. The first-order valence-corrected chi connectivity index (χ1v) is 7.17. The largest absolute Gasteiger partial charge is 0.316 e. The van der Waals surface area contributed by atoms with Gasteiger partial charge in [-0.15, -0.1) is 0 Å². The van der Waals surface area contributed by atoms with Gasteiger partial charge in [-0.3, -0.25) is 0 Å². The molecule has 0 radical (unpaired) electrons. The highest BCUT2D eigenvalue weighted by atomic mass is 79.9. The van der Waals surface area contributed by atoms with Crippen molar-refractivity contribution in [3.8, 4) is 0 Å². The molecule has 1 aliphatic rings. The van der Waals surface area contributed by atoms with E-state index in [0.717, 1.165) is 29.5 Å². The fourth-order valence-electron chi connectivity index (χ4n) is 2.81. The lowest BCUT2D eigenvalue weighted by Gasteiger charge is -2.32. The van der Waals surface area contributed by atoms with Crippen molar-refractivity contribution in [2.24, 2.45) is 5.92 Å². The van der Waals surface area contributed by atoms with Gasteiger partial charge in [0.05, 0.1) is 0 Å². The second-order valence-corrected chi connectivity index (χ2v) is 5.73. The molecule has 2 atom stereocenters. The first kappa shape index (κ1) is 13.0. The Labute approximate surface area is 111 Å². The van der Waals surface area contributed by atoms with Crippen LogP contribution in [0.3, 0.4) is 0 Å². The van der Waals surface area contributed by atoms with E-state index in [1.807, 2.05) is 6.07 Å². The second kappa shape index (κ2) is 5.96. The number of rotatable bonds is 3. The molecule has 0 amide bonds. The Morgan fingerprint density at radius 1 is 1.47 bits per heavy atom. The zero-order chi connectivity index (χ0) is 12.3. The zero-order valence-electron chi connectivity index (χ0n) is 10.2. The molecule has 0 aliphatic carbocycles. The maximum atomic E-state index is 13.9. The van der Waals surface area contributed by atoms with Crippen molar-refractivity contribution in [1.82, 2.24) is 5.32 Å². The van der Waals surface area contributed by atoms with E-state index < -0.39 is 0 Å². The van der Waals surface area contributed by atoms with E-state index in [1.54, 1.807) is 12.1 Å². The van der Waals surface area contributed by atoms with Crippen LogP contribution in [0.15, 0.2) is 22.7 Å². The zero-order valence-corrected chi connectivity index (χ0v) is 11.8. The summed E-state index contributed by atoms with van der Waals surface area (Å²) in [5.41, 5.74) is 0.888. The van der Waals surface area contributed by atoms with Crippen LogP contribution >= 0.6 is 15.9 Å². The van der Waals surface area contributed by atoms with Gasteiger partial charge in [0.2, 0.25) is 0 Å². The van der Waals surface area contributed by atoms with Crippen molar-refractivity contribution in [2.75, 3.05) is 13.1 Å². The summed E-state index contributed by atoms with van der Waals surface area (Å²) in [7, 11) is 0. The van der Waals surface area contributed by atoms with Gasteiger partial charge in [0.1, 0.15) is 5.82 Å². The van der Waals surface area contributed by atoms with Crippen molar-refractivity contribution < 1.29 is 4.39 Å². The van der Waals surface area contributed by atoms with Crippen LogP contribution in [0.25, 0.3) is 0 Å². The van der Waals surface area contributed by atoms with Crippen molar-refractivity contribution in [3.05, 3.63) is 34.1 Å². The van der Waals surface area contributed by atoms with E-state index in [0.29, 0.717) is 11.8 Å². The smallest absolute Gasteiger partial charge is 0.126 e. The lowest BCUT2D eigenvalue weighted by Crippen LogP contribution is -2.35. The molecule has 2 unspecified atom stereocenters. The minimum absolute atomic E-state index is 0.0544. The van der Waals surface area contributed by atoms with Crippen LogP contribution in [-0.4, -0.2) is 13.1 Å². The molecular weight excluding hydrogens is 281 g/mol. The lowest BCUT2D eigenvalue weighted by atomic mass is 9.79. The highest BCUT2D eigenvalue weighted by Crippen LogP contribution is 2.35. The lowest BCUT2D eigenvalue weighted by molar-refractivity contribution is 0.301. The fraction of sp³-hybridized carbons (Fsp3) is 0.571. The Morgan fingerprint density at radius 2 is 2.29 bits per heavy atom. The van der Waals surface area contributed by atoms with Gasteiger partial charge in [0, 0.05) is 4.47 Å². The maximum Gasteiger partial charge on any atom is 0.126 e. The minimum Gasteiger partial charge on any atom is -0.316 e. The van der Waals surface area contributed by atoms with Crippen molar-refractivity contribution in [2.45, 2.75) is 32.1 Å². The van der Waals surface area contributed by atoms with Crippen molar-refractivity contribution in [3.63, 3.8) is 0 Å². The van der Waals surface area contributed by atoms with Crippen LogP contribution in [0.4, 0.5) is 4.39 Å². The summed E-state index contributed by atoms with van der Waals surface area (Å²) in [6.07, 6.45) is 3.38. The Bertz CT molecular complexity index is 378. The molecule has 0 aromatic heterocycles. The number of nitrogens with one attached hydrogen (secondary N) is 1. The van der Waals surface area contributed by atoms with E-state index >= 15 is 0 Å². The average Bonchev–Trinajstić information content (AvgIpc) is 2.34. The fourth-order valence-corrected chi connectivity index (χ4v) is 3.18. The third-order valence-corrected chi connectivity index (χ3v) is 4.12. The normalized spacial score (nSPS) is 24.9. The Hall–Kier alpha value is -0.410. The van der Waals surface area contributed by atoms with Crippen LogP contribution in [0, 0.1) is 11.7 Å². The molecule has 1 fully saturated rings. The maximum absolute atomic E-state index is 13.9. The van der Waals surface area contributed by atoms with Crippen LogP contribution in [0.5, 0.6) is 0 Å². The first-order valence-electron chi connectivity index (χ1n) is 6.38. The van der Waals surface area contributed by atoms with Crippen LogP contribution in [0.2, 0.25) is 0 Å². The van der Waals surface area contributed by atoms with Gasteiger partial charge in [-0.2, -0.15) is 0 Å². The highest BCUT2D eigenvalue weighted by Gasteiger charge is 2.27. The van der Waals surface area contributed by atoms with Crippen LogP contribution < -0.4 is 5.32 Å². The number of hydrogen-bond donors (Lipinski definition) is 1. The molecule has 1 N–H and O–H groups in total. The predicted octanol–water partition coefficient (Wildman–Crippen LogP) is 4.08. The quantitative estimate of drug-likeness (QED) is 0.887. The molecule has 0 bridgehead atoms. The van der Waals surface area contributed by atoms with E-state index in [-0.39, 0.29) is 5.82 Å². The molecule has 1 heterocycles. The number of halogens is 2. The Morgan fingerprint density at radius 3 is 3.06 bits per heavy atom. The summed E-state index contributed by atoms with van der Waals surface area (Å²) >= 11 is 3.44. The monoisotopic (exact) mass is 299 g/mol. The van der Waals surface area contributed by atoms with E-state index in [2.05, 4.69) is 28.2 Å². The standard InChI is InChI=1S/C14H19BrFN/c1-2-3-10-9-17-7-6-12(10)13-8-11(15)4-5-14(13)16/h4-5,8,10,12,17H,2-3,6-7,9H2,1H3. The van der Waals surface area contributed by atoms with Crippen LogP contribution in [-0.2, 0) is 0 Å². The molecule has 1 aliphatic heterocycles. The summed E-state index contributed by atoms with van der Waals surface area (Å²) in [4.78, 5) is 0. The third-order valence-electron chi connectivity index (χ3n) is 3.62. The molecule has 1 aromatic rings. The first-order chi connectivity index (χ1) is 8.22. The van der Waals surface area contributed by atoms with E-state index in [4.69, 9.17) is 0 Å². The molecule has 1 aromatic carbocycles. The van der Waals surface area contributed by atoms with Crippen LogP contribution in [0.1, 0.15) is 37.7 Å². The summed E-state index contributed by atoms with van der Waals surface area (Å²) in [6, 6.07) is 5.30. The summed E-state index contributed by atoms with van der Waals surface area (Å²) in [6.45, 7) is 4.21. The molecule has 94 valence electrons. The van der Waals surface area contributed by atoms with Gasteiger partial charge >= 0.3 is 0 Å². The number of hydrogen-bond acceptors (Lipinski definition) is 1. The molecule has 0 saturated carbocycles. The van der Waals surface area contributed by atoms with Gasteiger partial charge < -0.3 is 5.32 Å².